The van der Waals surface area contributed by atoms with Crippen LogP contribution in [0.1, 0.15) is 0 Å². The first kappa shape index (κ1) is 13.2. The van der Waals surface area contributed by atoms with Gasteiger partial charge in [0.2, 0.25) is 4.96 Å². The van der Waals surface area contributed by atoms with Gasteiger partial charge in [-0.3, -0.25) is 0 Å². The van der Waals surface area contributed by atoms with Gasteiger partial charge < -0.3 is 0 Å². The summed E-state index contributed by atoms with van der Waals surface area (Å²) in [4.78, 5) is 0.734. The van der Waals surface area contributed by atoms with Crippen LogP contribution in [0.25, 0.3) is 26.9 Å². The summed E-state index contributed by atoms with van der Waals surface area (Å²) in [7, 11) is 0. The molecule has 0 spiro atoms. The lowest BCUT2D eigenvalue weighted by Crippen LogP contribution is -1.91. The Morgan fingerprint density at radius 2 is 2.00 bits per heavy atom. The zero-order valence-electron chi connectivity index (χ0n) is 10.3. The largest absolute Gasteiger partial charge is 0.235 e. The van der Waals surface area contributed by atoms with Crippen molar-refractivity contribution in [3.05, 3.63) is 45.1 Å². The van der Waals surface area contributed by atoms with E-state index in [0.29, 0.717) is 15.9 Å². The van der Waals surface area contributed by atoms with Crippen LogP contribution in [0.5, 0.6) is 0 Å². The molecular formula is C13H6Cl2N4S2. The minimum atomic E-state index is 0.530. The Labute approximate surface area is 137 Å². The first-order valence-electron chi connectivity index (χ1n) is 5.92. The molecule has 4 rings (SSSR count). The lowest BCUT2D eigenvalue weighted by atomic mass is 10.2. The predicted octanol–water partition coefficient (Wildman–Crippen LogP) is 4.89. The maximum Gasteiger partial charge on any atom is 0.235 e. The van der Waals surface area contributed by atoms with Crippen molar-refractivity contribution in [2.75, 3.05) is 0 Å². The van der Waals surface area contributed by atoms with Gasteiger partial charge in [-0.25, -0.2) is 0 Å². The molecular weight excluding hydrogens is 347 g/mol. The average Bonchev–Trinajstić information content (AvgIpc) is 3.14. The van der Waals surface area contributed by atoms with Crippen LogP contribution < -0.4 is 0 Å². The van der Waals surface area contributed by atoms with E-state index in [4.69, 9.17) is 23.2 Å². The van der Waals surface area contributed by atoms with Gasteiger partial charge in [-0.05, 0) is 29.6 Å². The lowest BCUT2D eigenvalue weighted by Gasteiger charge is -2.00. The highest BCUT2D eigenvalue weighted by atomic mass is 35.5. The summed E-state index contributed by atoms with van der Waals surface area (Å²) in [6, 6.07) is 7.32. The topological polar surface area (TPSA) is 43.1 Å². The fraction of sp³-hybridized carbons (Fsp3) is 0. The maximum absolute atomic E-state index is 6.24. The Bertz CT molecular complexity index is 927. The van der Waals surface area contributed by atoms with Gasteiger partial charge in [0.1, 0.15) is 5.01 Å². The normalized spacial score (nSPS) is 11.3. The Morgan fingerprint density at radius 3 is 2.76 bits per heavy atom. The number of hydrogen-bond donors (Lipinski definition) is 0. The highest BCUT2D eigenvalue weighted by Gasteiger charge is 2.16. The molecule has 0 aliphatic rings. The summed E-state index contributed by atoms with van der Waals surface area (Å²) in [5, 5.41) is 19.0. The van der Waals surface area contributed by atoms with E-state index in [1.165, 1.54) is 11.3 Å². The average molecular weight is 353 g/mol. The minimum absolute atomic E-state index is 0.530. The Balaban J connectivity index is 1.89. The van der Waals surface area contributed by atoms with Crippen LogP contribution in [-0.4, -0.2) is 19.8 Å². The number of fused-ring (bicyclic) bond motifs is 1. The van der Waals surface area contributed by atoms with E-state index in [-0.39, 0.29) is 0 Å². The van der Waals surface area contributed by atoms with E-state index < -0.39 is 0 Å². The van der Waals surface area contributed by atoms with Crippen LogP contribution in [0.3, 0.4) is 0 Å². The molecule has 104 valence electrons. The molecule has 4 nitrogen and oxygen atoms in total. The standard InChI is InChI=1S/C13H6Cl2N4S2/c14-8-1-2-9(10(15)5-8)11-16-17-13-19(11)18-12(21-13)7-3-4-20-6-7/h1-6H. The van der Waals surface area contributed by atoms with Crippen LogP contribution in [-0.2, 0) is 0 Å². The summed E-state index contributed by atoms with van der Waals surface area (Å²) in [6.07, 6.45) is 0. The van der Waals surface area contributed by atoms with Gasteiger partial charge in [-0.1, -0.05) is 34.5 Å². The van der Waals surface area contributed by atoms with Gasteiger partial charge in [0.25, 0.3) is 0 Å². The Kier molecular flexibility index (Phi) is 3.19. The van der Waals surface area contributed by atoms with Crippen molar-refractivity contribution in [2.45, 2.75) is 0 Å². The number of thiophene rings is 1. The Morgan fingerprint density at radius 1 is 1.10 bits per heavy atom. The third-order valence-corrected chi connectivity index (χ3v) is 5.11. The van der Waals surface area contributed by atoms with Crippen LogP contribution in [0.4, 0.5) is 0 Å². The second-order valence-corrected chi connectivity index (χ2v) is 6.84. The van der Waals surface area contributed by atoms with E-state index in [1.807, 2.05) is 17.5 Å². The highest BCUT2D eigenvalue weighted by Crippen LogP contribution is 2.32. The Hall–Kier alpha value is -1.47. The minimum Gasteiger partial charge on any atom is -0.182 e. The molecule has 8 heteroatoms. The molecule has 3 heterocycles. The van der Waals surface area contributed by atoms with E-state index >= 15 is 0 Å². The van der Waals surface area contributed by atoms with Crippen molar-refractivity contribution in [3.8, 4) is 22.0 Å². The molecule has 0 bridgehead atoms. The number of hydrogen-bond acceptors (Lipinski definition) is 5. The molecule has 0 unspecified atom stereocenters. The van der Waals surface area contributed by atoms with Crippen molar-refractivity contribution in [1.29, 1.82) is 0 Å². The van der Waals surface area contributed by atoms with Crippen molar-refractivity contribution < 1.29 is 0 Å². The van der Waals surface area contributed by atoms with Gasteiger partial charge >= 0.3 is 0 Å². The van der Waals surface area contributed by atoms with Crippen molar-refractivity contribution >= 4 is 50.8 Å². The molecule has 0 aliphatic carbocycles. The summed E-state index contributed by atoms with van der Waals surface area (Å²) in [5.74, 6) is 0.615. The zero-order chi connectivity index (χ0) is 14.4. The van der Waals surface area contributed by atoms with E-state index in [0.717, 1.165) is 21.1 Å². The molecule has 0 saturated heterocycles. The molecule has 21 heavy (non-hydrogen) atoms. The third-order valence-electron chi connectivity index (χ3n) is 2.93. The fourth-order valence-electron chi connectivity index (χ4n) is 1.96. The highest BCUT2D eigenvalue weighted by molar-refractivity contribution is 7.20. The molecule has 4 aromatic rings. The molecule has 0 amide bonds. The van der Waals surface area contributed by atoms with Gasteiger partial charge in [0.15, 0.2) is 5.82 Å². The molecule has 0 saturated carbocycles. The first-order chi connectivity index (χ1) is 10.2. The van der Waals surface area contributed by atoms with Crippen LogP contribution >= 0.6 is 45.9 Å². The smallest absolute Gasteiger partial charge is 0.182 e. The van der Waals surface area contributed by atoms with Gasteiger partial charge in [0, 0.05) is 21.5 Å². The van der Waals surface area contributed by atoms with E-state index in [1.54, 1.807) is 28.0 Å². The van der Waals surface area contributed by atoms with Crippen LogP contribution in [0.2, 0.25) is 10.0 Å². The SMILES string of the molecule is Clc1ccc(-c2nnc3sc(-c4ccsc4)nn23)c(Cl)c1. The predicted molar refractivity (Wildman–Crippen MR) is 87.4 cm³/mol. The second-order valence-electron chi connectivity index (χ2n) is 4.26. The summed E-state index contributed by atoms with van der Waals surface area (Å²) < 4.78 is 1.72. The molecule has 1 aromatic carbocycles. The van der Waals surface area contributed by atoms with Gasteiger partial charge in [0.05, 0.1) is 5.02 Å². The summed E-state index contributed by atoms with van der Waals surface area (Å²) in [5.41, 5.74) is 1.85. The molecule has 0 fully saturated rings. The van der Waals surface area contributed by atoms with E-state index in [9.17, 15) is 0 Å². The number of nitrogens with zero attached hydrogens (tertiary/aromatic N) is 4. The molecule has 0 aliphatic heterocycles. The number of rotatable bonds is 2. The number of benzene rings is 1. The number of halogens is 2. The van der Waals surface area contributed by atoms with Gasteiger partial charge in [-0.15, -0.1) is 10.2 Å². The van der Waals surface area contributed by atoms with Crippen molar-refractivity contribution in [3.63, 3.8) is 0 Å². The second kappa shape index (κ2) is 5.06. The van der Waals surface area contributed by atoms with Crippen LogP contribution in [0, 0.1) is 0 Å². The van der Waals surface area contributed by atoms with Gasteiger partial charge in [-0.2, -0.15) is 21.0 Å². The monoisotopic (exact) mass is 352 g/mol. The van der Waals surface area contributed by atoms with Crippen molar-refractivity contribution in [1.82, 2.24) is 19.8 Å². The maximum atomic E-state index is 6.24. The molecule has 0 atom stereocenters. The third kappa shape index (κ3) is 2.24. The number of aromatic nitrogens is 4. The first-order valence-corrected chi connectivity index (χ1v) is 8.44. The lowest BCUT2D eigenvalue weighted by molar-refractivity contribution is 0.971. The molecule has 0 radical (unpaired) electrons. The van der Waals surface area contributed by atoms with Crippen molar-refractivity contribution in [2.24, 2.45) is 0 Å². The molecule has 0 N–H and O–H groups in total. The fourth-order valence-corrected chi connectivity index (χ4v) is 4.00. The van der Waals surface area contributed by atoms with E-state index in [2.05, 4.69) is 20.7 Å². The molecule has 3 aromatic heterocycles. The van der Waals surface area contributed by atoms with Crippen LogP contribution in [0.15, 0.2) is 35.0 Å². The summed E-state index contributed by atoms with van der Waals surface area (Å²) >= 11 is 15.3. The summed E-state index contributed by atoms with van der Waals surface area (Å²) in [6.45, 7) is 0. The zero-order valence-corrected chi connectivity index (χ0v) is 13.5. The quantitative estimate of drug-likeness (QED) is 0.515.